The van der Waals surface area contributed by atoms with E-state index in [1.807, 2.05) is 25.1 Å². The molecule has 0 aliphatic heterocycles. The molecular weight excluding hydrogens is 261 g/mol. The van der Waals surface area contributed by atoms with E-state index in [-0.39, 0.29) is 0 Å². The highest BCUT2D eigenvalue weighted by atomic mass is 79.9. The first-order valence-corrected chi connectivity index (χ1v) is 5.55. The van der Waals surface area contributed by atoms with Crippen molar-refractivity contribution in [2.45, 2.75) is 13.5 Å². The molecule has 1 nitrogen and oxygen atoms in total. The van der Waals surface area contributed by atoms with E-state index < -0.39 is 0 Å². The summed E-state index contributed by atoms with van der Waals surface area (Å²) in [6.07, 6.45) is 0. The topological polar surface area (TPSA) is 12.0 Å². The normalized spacial score (nSPS) is 10.2. The maximum atomic E-state index is 6.05. The van der Waals surface area contributed by atoms with E-state index in [0.29, 0.717) is 0 Å². The fourth-order valence-corrected chi connectivity index (χ4v) is 1.82. The molecule has 3 heteroatoms. The molecule has 0 spiro atoms. The lowest BCUT2D eigenvalue weighted by molar-refractivity contribution is 0.741. The van der Waals surface area contributed by atoms with Crippen LogP contribution >= 0.6 is 27.5 Å². The smallest absolute Gasteiger partial charge is 0.0462 e. The van der Waals surface area contributed by atoms with Crippen LogP contribution < -0.4 is 5.32 Å². The summed E-state index contributed by atoms with van der Waals surface area (Å²) in [7, 11) is 0. The first-order valence-electron chi connectivity index (χ1n) is 4.38. The van der Waals surface area contributed by atoms with Crippen molar-refractivity contribution in [2.24, 2.45) is 0 Å². The van der Waals surface area contributed by atoms with Gasteiger partial charge in [0.2, 0.25) is 0 Å². The van der Waals surface area contributed by atoms with Crippen molar-refractivity contribution in [3.63, 3.8) is 0 Å². The van der Waals surface area contributed by atoms with Crippen LogP contribution in [0.1, 0.15) is 12.5 Å². The summed E-state index contributed by atoms with van der Waals surface area (Å²) >= 11 is 9.42. The monoisotopic (exact) mass is 273 g/mol. The Kier molecular flexibility index (Phi) is 4.66. The molecule has 1 aromatic carbocycles. The van der Waals surface area contributed by atoms with Crippen molar-refractivity contribution < 1.29 is 0 Å². The summed E-state index contributed by atoms with van der Waals surface area (Å²) in [5.74, 6) is 0. The van der Waals surface area contributed by atoms with Gasteiger partial charge >= 0.3 is 0 Å². The van der Waals surface area contributed by atoms with Crippen molar-refractivity contribution in [2.75, 3.05) is 6.54 Å². The van der Waals surface area contributed by atoms with Crippen LogP contribution in [0.2, 0.25) is 5.02 Å². The first kappa shape index (κ1) is 11.8. The van der Waals surface area contributed by atoms with E-state index in [4.69, 9.17) is 11.6 Å². The zero-order valence-corrected chi connectivity index (χ0v) is 10.5. The summed E-state index contributed by atoms with van der Waals surface area (Å²) in [5, 5.41) is 4.05. The van der Waals surface area contributed by atoms with Crippen LogP contribution in [-0.4, -0.2) is 6.54 Å². The van der Waals surface area contributed by atoms with Crippen LogP contribution in [-0.2, 0) is 6.54 Å². The molecule has 0 saturated heterocycles. The van der Waals surface area contributed by atoms with Gasteiger partial charge in [-0.2, -0.15) is 0 Å². The van der Waals surface area contributed by atoms with Gasteiger partial charge in [-0.05, 0) is 24.6 Å². The Morgan fingerprint density at radius 1 is 1.57 bits per heavy atom. The number of hydrogen-bond acceptors (Lipinski definition) is 1. The van der Waals surface area contributed by atoms with E-state index in [2.05, 4.69) is 27.8 Å². The largest absolute Gasteiger partial charge is 0.309 e. The molecule has 1 N–H and O–H groups in total. The van der Waals surface area contributed by atoms with Gasteiger partial charge in [-0.3, -0.25) is 0 Å². The maximum Gasteiger partial charge on any atom is 0.0462 e. The van der Waals surface area contributed by atoms with Crippen LogP contribution in [0.25, 0.3) is 0 Å². The first-order chi connectivity index (χ1) is 6.59. The van der Waals surface area contributed by atoms with E-state index in [1.54, 1.807) is 0 Å². The molecular formula is C11H13BrClN. The van der Waals surface area contributed by atoms with Crippen molar-refractivity contribution >= 4 is 27.5 Å². The highest BCUT2D eigenvalue weighted by Crippen LogP contribution is 2.21. The molecule has 0 fully saturated rings. The molecule has 76 valence electrons. The van der Waals surface area contributed by atoms with Gasteiger partial charge in [0.05, 0.1) is 0 Å². The number of halogens is 2. The lowest BCUT2D eigenvalue weighted by atomic mass is 10.2. The second-order valence-corrected chi connectivity index (χ2v) is 4.62. The fraction of sp³-hybridized carbons (Fsp3) is 0.273. The van der Waals surface area contributed by atoms with Gasteiger partial charge in [0.25, 0.3) is 0 Å². The van der Waals surface area contributed by atoms with Gasteiger partial charge in [-0.1, -0.05) is 45.7 Å². The molecule has 0 aliphatic carbocycles. The molecule has 0 unspecified atom stereocenters. The highest BCUT2D eigenvalue weighted by molar-refractivity contribution is 9.10. The van der Waals surface area contributed by atoms with Crippen LogP contribution in [0.15, 0.2) is 34.8 Å². The van der Waals surface area contributed by atoms with Crippen LogP contribution in [0.4, 0.5) is 0 Å². The summed E-state index contributed by atoms with van der Waals surface area (Å²) in [4.78, 5) is 0. The highest BCUT2D eigenvalue weighted by Gasteiger charge is 1.99. The van der Waals surface area contributed by atoms with Crippen LogP contribution in [0.5, 0.6) is 0 Å². The summed E-state index contributed by atoms with van der Waals surface area (Å²) in [5.41, 5.74) is 2.23. The van der Waals surface area contributed by atoms with Gasteiger partial charge in [-0.15, -0.1) is 0 Å². The number of nitrogens with one attached hydrogen (secondary N) is 1. The van der Waals surface area contributed by atoms with Gasteiger partial charge in [0, 0.05) is 22.6 Å². The molecule has 0 aromatic heterocycles. The lowest BCUT2D eigenvalue weighted by Crippen LogP contribution is -2.15. The summed E-state index contributed by atoms with van der Waals surface area (Å²) in [6, 6.07) is 5.90. The van der Waals surface area contributed by atoms with E-state index >= 15 is 0 Å². The molecule has 0 amide bonds. The maximum absolute atomic E-state index is 6.05. The molecule has 14 heavy (non-hydrogen) atoms. The third-order valence-electron chi connectivity index (χ3n) is 1.76. The minimum Gasteiger partial charge on any atom is -0.309 e. The van der Waals surface area contributed by atoms with Crippen molar-refractivity contribution in [1.82, 2.24) is 5.32 Å². The molecule has 0 heterocycles. The van der Waals surface area contributed by atoms with E-state index in [0.717, 1.165) is 33.7 Å². The van der Waals surface area contributed by atoms with Gasteiger partial charge in [0.1, 0.15) is 0 Å². The zero-order chi connectivity index (χ0) is 10.6. The Morgan fingerprint density at radius 3 is 2.86 bits per heavy atom. The molecule has 1 rings (SSSR count). The Bertz CT molecular complexity index is 336. The second kappa shape index (κ2) is 5.54. The zero-order valence-electron chi connectivity index (χ0n) is 8.11. The van der Waals surface area contributed by atoms with Crippen molar-refractivity contribution in [3.05, 3.63) is 45.4 Å². The molecule has 0 radical (unpaired) electrons. The van der Waals surface area contributed by atoms with Gasteiger partial charge in [-0.25, -0.2) is 0 Å². The van der Waals surface area contributed by atoms with E-state index in [1.165, 1.54) is 0 Å². The Balaban J connectivity index is 2.55. The van der Waals surface area contributed by atoms with Crippen molar-refractivity contribution in [3.8, 4) is 0 Å². The Labute approximate surface area is 98.3 Å². The number of benzene rings is 1. The predicted molar refractivity (Wildman–Crippen MR) is 65.7 cm³/mol. The number of rotatable bonds is 4. The van der Waals surface area contributed by atoms with Gasteiger partial charge < -0.3 is 5.32 Å². The Morgan fingerprint density at radius 2 is 2.29 bits per heavy atom. The van der Waals surface area contributed by atoms with Crippen molar-refractivity contribution in [1.29, 1.82) is 0 Å². The molecule has 0 atom stereocenters. The SMILES string of the molecule is C=C(C)CNCc1ccc(Br)cc1Cl. The van der Waals surface area contributed by atoms with E-state index in [9.17, 15) is 0 Å². The number of hydrogen-bond donors (Lipinski definition) is 1. The van der Waals surface area contributed by atoms with Crippen LogP contribution in [0, 0.1) is 0 Å². The average molecular weight is 275 g/mol. The second-order valence-electron chi connectivity index (χ2n) is 3.30. The predicted octanol–water partition coefficient (Wildman–Crippen LogP) is 3.77. The quantitative estimate of drug-likeness (QED) is 0.824. The third kappa shape index (κ3) is 3.82. The molecule has 0 saturated carbocycles. The molecule has 0 bridgehead atoms. The van der Waals surface area contributed by atoms with Crippen LogP contribution in [0.3, 0.4) is 0 Å². The Hall–Kier alpha value is -0.310. The summed E-state index contributed by atoms with van der Waals surface area (Å²) in [6.45, 7) is 7.42. The minimum atomic E-state index is 0.777. The lowest BCUT2D eigenvalue weighted by Gasteiger charge is -2.06. The standard InChI is InChI=1S/C11H13BrClN/c1-8(2)6-14-7-9-3-4-10(12)5-11(9)13/h3-5,14H,1,6-7H2,2H3. The van der Waals surface area contributed by atoms with Gasteiger partial charge in [0.15, 0.2) is 0 Å². The average Bonchev–Trinajstić information content (AvgIpc) is 2.08. The summed E-state index contributed by atoms with van der Waals surface area (Å²) < 4.78 is 1.01. The molecule has 0 aliphatic rings. The molecule has 1 aromatic rings. The minimum absolute atomic E-state index is 0.777. The third-order valence-corrected chi connectivity index (χ3v) is 2.60. The fourth-order valence-electron chi connectivity index (χ4n) is 1.08.